The second-order valence-corrected chi connectivity index (χ2v) is 4.34. The molecule has 4 nitrogen and oxygen atoms in total. The third kappa shape index (κ3) is 4.71. The van der Waals surface area contributed by atoms with E-state index in [1.807, 2.05) is 0 Å². The summed E-state index contributed by atoms with van der Waals surface area (Å²) in [5, 5.41) is -1.01. The predicted octanol–water partition coefficient (Wildman–Crippen LogP) is 2.40. The summed E-state index contributed by atoms with van der Waals surface area (Å²) in [4.78, 5) is 14.7. The fourth-order valence-electron chi connectivity index (χ4n) is 1.07. The molecule has 0 saturated heterocycles. The molecule has 0 unspecified atom stereocenters. The monoisotopic (exact) mass is 283 g/mol. The first kappa shape index (κ1) is 15.1. The number of hydrogen-bond acceptors (Lipinski definition) is 5. The number of carbonyl (C=O) groups is 1. The van der Waals surface area contributed by atoms with Crippen molar-refractivity contribution in [3.8, 4) is 0 Å². The summed E-state index contributed by atoms with van der Waals surface area (Å²) in [6.45, 7) is 0.911. The van der Waals surface area contributed by atoms with E-state index in [1.54, 1.807) is 0 Å². The van der Waals surface area contributed by atoms with Crippen LogP contribution in [0.4, 0.5) is 13.2 Å². The summed E-state index contributed by atoms with van der Waals surface area (Å²) in [5.74, 6) is -0.402. The van der Waals surface area contributed by atoms with Crippen LogP contribution in [-0.4, -0.2) is 37.7 Å². The topological polar surface area (TPSA) is 48.4 Å². The SMILES string of the molecule is COCCOCCC(=O)c1cnc(C(F)(F)F)s1. The van der Waals surface area contributed by atoms with Crippen LogP contribution in [0.15, 0.2) is 6.20 Å². The van der Waals surface area contributed by atoms with E-state index in [2.05, 4.69) is 4.98 Å². The normalized spacial score (nSPS) is 11.8. The van der Waals surface area contributed by atoms with Crippen molar-refractivity contribution >= 4 is 17.1 Å². The van der Waals surface area contributed by atoms with Gasteiger partial charge in [0.1, 0.15) is 0 Å². The fraction of sp³-hybridized carbons (Fsp3) is 0.600. The lowest BCUT2D eigenvalue weighted by Crippen LogP contribution is -2.07. The van der Waals surface area contributed by atoms with Gasteiger partial charge in [-0.05, 0) is 0 Å². The van der Waals surface area contributed by atoms with Gasteiger partial charge in [-0.15, -0.1) is 11.3 Å². The summed E-state index contributed by atoms with van der Waals surface area (Å²) in [5.41, 5.74) is 0. The summed E-state index contributed by atoms with van der Waals surface area (Å²) in [7, 11) is 1.52. The Hall–Kier alpha value is -0.990. The van der Waals surface area contributed by atoms with E-state index in [9.17, 15) is 18.0 Å². The maximum Gasteiger partial charge on any atom is 0.443 e. The van der Waals surface area contributed by atoms with Gasteiger partial charge in [0.2, 0.25) is 0 Å². The highest BCUT2D eigenvalue weighted by molar-refractivity contribution is 7.13. The van der Waals surface area contributed by atoms with E-state index in [-0.39, 0.29) is 17.9 Å². The molecule has 0 amide bonds. The van der Waals surface area contributed by atoms with Crippen LogP contribution in [0.1, 0.15) is 21.1 Å². The quantitative estimate of drug-likeness (QED) is 0.569. The van der Waals surface area contributed by atoms with Crippen molar-refractivity contribution in [3.63, 3.8) is 0 Å². The minimum atomic E-state index is -4.50. The molecule has 1 aromatic heterocycles. The second-order valence-electron chi connectivity index (χ2n) is 3.31. The van der Waals surface area contributed by atoms with Crippen molar-refractivity contribution in [3.05, 3.63) is 16.1 Å². The van der Waals surface area contributed by atoms with Crippen molar-refractivity contribution in [1.29, 1.82) is 0 Å². The summed E-state index contributed by atoms with van der Waals surface area (Å²) in [6, 6.07) is 0. The lowest BCUT2D eigenvalue weighted by atomic mass is 10.3. The fourth-order valence-corrected chi connectivity index (χ4v) is 1.82. The molecule has 0 fully saturated rings. The Bertz CT molecular complexity index is 392. The lowest BCUT2D eigenvalue weighted by Gasteiger charge is -2.01. The molecule has 102 valence electrons. The average Bonchev–Trinajstić information content (AvgIpc) is 2.77. The number of hydrogen-bond donors (Lipinski definition) is 0. The van der Waals surface area contributed by atoms with E-state index in [0.717, 1.165) is 6.20 Å². The van der Waals surface area contributed by atoms with Gasteiger partial charge in [0, 0.05) is 19.7 Å². The van der Waals surface area contributed by atoms with Gasteiger partial charge in [0.05, 0.1) is 24.7 Å². The first-order chi connectivity index (χ1) is 8.45. The molecule has 0 N–H and O–H groups in total. The van der Waals surface area contributed by atoms with E-state index in [0.29, 0.717) is 24.6 Å². The van der Waals surface area contributed by atoms with E-state index in [4.69, 9.17) is 9.47 Å². The molecular formula is C10H12F3NO3S. The number of carbonyl (C=O) groups excluding carboxylic acids is 1. The van der Waals surface area contributed by atoms with Gasteiger partial charge >= 0.3 is 6.18 Å². The second kappa shape index (κ2) is 6.81. The van der Waals surface area contributed by atoms with Gasteiger partial charge < -0.3 is 9.47 Å². The van der Waals surface area contributed by atoms with Crippen molar-refractivity contribution in [2.45, 2.75) is 12.6 Å². The number of Topliss-reactive ketones (excluding diaryl/α,β-unsaturated/α-hetero) is 1. The molecule has 1 aromatic rings. The summed E-state index contributed by atoms with van der Waals surface area (Å²) < 4.78 is 46.5. The van der Waals surface area contributed by atoms with E-state index < -0.39 is 17.0 Å². The van der Waals surface area contributed by atoms with Crippen LogP contribution in [0.2, 0.25) is 0 Å². The van der Waals surface area contributed by atoms with Crippen LogP contribution in [-0.2, 0) is 15.7 Å². The summed E-state index contributed by atoms with van der Waals surface area (Å²) >= 11 is 0.350. The molecule has 0 aliphatic heterocycles. The van der Waals surface area contributed by atoms with Gasteiger partial charge in [-0.25, -0.2) is 4.98 Å². The highest BCUT2D eigenvalue weighted by atomic mass is 32.1. The Balaban J connectivity index is 2.40. The predicted molar refractivity (Wildman–Crippen MR) is 58.8 cm³/mol. The van der Waals surface area contributed by atoms with Gasteiger partial charge in [-0.3, -0.25) is 4.79 Å². The highest BCUT2D eigenvalue weighted by Gasteiger charge is 2.35. The molecule has 0 bridgehead atoms. The molecule has 0 aliphatic carbocycles. The number of rotatable bonds is 7. The number of thiazole rings is 1. The van der Waals surface area contributed by atoms with Crippen LogP contribution in [0.25, 0.3) is 0 Å². The average molecular weight is 283 g/mol. The third-order valence-corrected chi connectivity index (χ3v) is 3.01. The van der Waals surface area contributed by atoms with E-state index in [1.165, 1.54) is 7.11 Å². The Labute approximate surface area is 106 Å². The minimum absolute atomic E-state index is 0.00216. The molecule has 0 saturated carbocycles. The smallest absolute Gasteiger partial charge is 0.382 e. The number of halogens is 3. The van der Waals surface area contributed by atoms with Crippen LogP contribution in [0.3, 0.4) is 0 Å². The molecule has 0 spiro atoms. The van der Waals surface area contributed by atoms with Crippen LogP contribution < -0.4 is 0 Å². The molecule has 0 aromatic carbocycles. The van der Waals surface area contributed by atoms with Gasteiger partial charge in [0.15, 0.2) is 10.8 Å². The van der Waals surface area contributed by atoms with Crippen LogP contribution >= 0.6 is 11.3 Å². The zero-order chi connectivity index (χ0) is 13.6. The number of nitrogens with zero attached hydrogens (tertiary/aromatic N) is 1. The van der Waals surface area contributed by atoms with Crippen LogP contribution in [0, 0.1) is 0 Å². The molecule has 0 aliphatic rings. The van der Waals surface area contributed by atoms with Crippen molar-refractivity contribution in [1.82, 2.24) is 4.98 Å². The third-order valence-electron chi connectivity index (χ3n) is 1.93. The van der Waals surface area contributed by atoms with Crippen molar-refractivity contribution < 1.29 is 27.4 Å². The standard InChI is InChI=1S/C10H12F3NO3S/c1-16-4-5-17-3-2-7(15)8-6-14-9(18-8)10(11,12)13/h6H,2-5H2,1H3. The Morgan fingerprint density at radius 2 is 2.11 bits per heavy atom. The Morgan fingerprint density at radius 3 is 2.67 bits per heavy atom. The van der Waals surface area contributed by atoms with Gasteiger partial charge in [-0.2, -0.15) is 13.2 Å². The highest BCUT2D eigenvalue weighted by Crippen LogP contribution is 2.32. The number of alkyl halides is 3. The first-order valence-electron chi connectivity index (χ1n) is 5.08. The van der Waals surface area contributed by atoms with Gasteiger partial charge in [-0.1, -0.05) is 0 Å². The molecule has 0 atom stereocenters. The zero-order valence-electron chi connectivity index (χ0n) is 9.62. The largest absolute Gasteiger partial charge is 0.443 e. The first-order valence-corrected chi connectivity index (χ1v) is 5.89. The van der Waals surface area contributed by atoms with Crippen molar-refractivity contribution in [2.75, 3.05) is 26.9 Å². The van der Waals surface area contributed by atoms with Gasteiger partial charge in [0.25, 0.3) is 0 Å². The Kier molecular flexibility index (Phi) is 5.70. The van der Waals surface area contributed by atoms with Crippen LogP contribution in [0.5, 0.6) is 0 Å². The lowest BCUT2D eigenvalue weighted by molar-refractivity contribution is -0.137. The molecule has 18 heavy (non-hydrogen) atoms. The van der Waals surface area contributed by atoms with Crippen molar-refractivity contribution in [2.24, 2.45) is 0 Å². The number of ether oxygens (including phenoxy) is 2. The molecule has 0 radical (unpaired) electrons. The molecular weight excluding hydrogens is 271 g/mol. The zero-order valence-corrected chi connectivity index (χ0v) is 10.4. The molecule has 1 rings (SSSR count). The minimum Gasteiger partial charge on any atom is -0.382 e. The summed E-state index contributed by atoms with van der Waals surface area (Å²) in [6.07, 6.45) is -3.52. The maximum atomic E-state index is 12.3. The molecule has 1 heterocycles. The number of aromatic nitrogens is 1. The number of methoxy groups -OCH3 is 1. The molecule has 8 heteroatoms. The number of ketones is 1. The Morgan fingerprint density at radius 1 is 1.39 bits per heavy atom. The maximum absolute atomic E-state index is 12.3. The van der Waals surface area contributed by atoms with E-state index >= 15 is 0 Å².